The largest absolute Gasteiger partial charge is 0.385 e. The first-order valence-corrected chi connectivity index (χ1v) is 6.68. The van der Waals surface area contributed by atoms with E-state index in [1.807, 2.05) is 6.07 Å². The molecule has 4 N–H and O–H groups in total. The third-order valence-corrected chi connectivity index (χ3v) is 3.20. The average molecular weight is 263 g/mol. The third kappa shape index (κ3) is 4.50. The molecule has 1 fully saturated rings. The van der Waals surface area contributed by atoms with Gasteiger partial charge in [-0.3, -0.25) is 9.78 Å². The van der Waals surface area contributed by atoms with Crippen molar-refractivity contribution in [2.24, 2.45) is 5.73 Å². The fraction of sp³-hybridized carbons (Fsp3) is 0.538. The summed E-state index contributed by atoms with van der Waals surface area (Å²) < 4.78 is 0. The van der Waals surface area contributed by atoms with E-state index in [4.69, 9.17) is 5.73 Å². The van der Waals surface area contributed by atoms with Crippen LogP contribution in [0.3, 0.4) is 0 Å². The molecule has 0 saturated carbocycles. The summed E-state index contributed by atoms with van der Waals surface area (Å²) in [5, 5.41) is 6.63. The molecule has 0 aliphatic carbocycles. The van der Waals surface area contributed by atoms with Crippen LogP contribution in [-0.2, 0) is 0 Å². The van der Waals surface area contributed by atoms with Gasteiger partial charge in [-0.15, -0.1) is 0 Å². The first-order chi connectivity index (χ1) is 9.25. The van der Waals surface area contributed by atoms with Crippen LogP contribution in [0.15, 0.2) is 18.3 Å². The number of nitrogens with one attached hydrogen (secondary N) is 2. The van der Waals surface area contributed by atoms with E-state index in [1.54, 1.807) is 12.3 Å². The third-order valence-electron chi connectivity index (χ3n) is 3.20. The van der Waals surface area contributed by atoms with Crippen molar-refractivity contribution < 1.29 is 4.79 Å². The van der Waals surface area contributed by atoms with Crippen LogP contribution >= 0.6 is 0 Å². The van der Waals surface area contributed by atoms with Gasteiger partial charge in [-0.05, 0) is 25.1 Å². The molecule has 1 aromatic rings. The van der Waals surface area contributed by atoms with E-state index in [2.05, 4.69) is 20.5 Å². The highest BCUT2D eigenvalue weighted by molar-refractivity contribution is 5.91. The molecule has 2 heterocycles. The summed E-state index contributed by atoms with van der Waals surface area (Å²) in [6.07, 6.45) is 2.67. The van der Waals surface area contributed by atoms with E-state index in [0.717, 1.165) is 51.4 Å². The molecular formula is C13H21N5O. The lowest BCUT2D eigenvalue weighted by Gasteiger charge is -2.27. The van der Waals surface area contributed by atoms with Gasteiger partial charge in [-0.1, -0.05) is 0 Å². The fourth-order valence-electron chi connectivity index (χ4n) is 2.15. The lowest BCUT2D eigenvalue weighted by molar-refractivity contribution is 0.0995. The van der Waals surface area contributed by atoms with E-state index in [0.29, 0.717) is 5.69 Å². The highest BCUT2D eigenvalue weighted by Gasteiger charge is 2.08. The van der Waals surface area contributed by atoms with Crippen LogP contribution in [-0.4, -0.2) is 55.1 Å². The van der Waals surface area contributed by atoms with Crippen molar-refractivity contribution >= 4 is 11.6 Å². The van der Waals surface area contributed by atoms with Crippen LogP contribution in [0.4, 0.5) is 5.69 Å². The van der Waals surface area contributed by atoms with Gasteiger partial charge in [0.05, 0.1) is 0 Å². The van der Waals surface area contributed by atoms with Crippen LogP contribution in [0.1, 0.15) is 16.9 Å². The Kier molecular flexibility index (Phi) is 5.11. The van der Waals surface area contributed by atoms with Gasteiger partial charge in [0.25, 0.3) is 5.91 Å². The zero-order valence-electron chi connectivity index (χ0n) is 11.1. The number of nitrogens with zero attached hydrogens (tertiary/aromatic N) is 2. The summed E-state index contributed by atoms with van der Waals surface area (Å²) in [6.45, 7) is 6.40. The van der Waals surface area contributed by atoms with E-state index < -0.39 is 5.91 Å². The summed E-state index contributed by atoms with van der Waals surface area (Å²) in [5.41, 5.74) is 6.38. The Morgan fingerprint density at radius 1 is 1.47 bits per heavy atom. The standard InChI is InChI=1S/C13H21N5O/c14-13(19)12-10-11(2-4-17-12)16-3-1-7-18-8-5-15-6-9-18/h2,4,10,15H,1,3,5-9H2,(H2,14,19)(H,16,17). The monoisotopic (exact) mass is 263 g/mol. The molecular weight excluding hydrogens is 242 g/mol. The van der Waals surface area contributed by atoms with Gasteiger partial charge in [0.1, 0.15) is 5.69 Å². The fourth-order valence-corrected chi connectivity index (χ4v) is 2.15. The molecule has 1 aliphatic heterocycles. The van der Waals surface area contributed by atoms with Crippen molar-refractivity contribution in [1.29, 1.82) is 0 Å². The normalized spacial score (nSPS) is 16.2. The van der Waals surface area contributed by atoms with Crippen molar-refractivity contribution in [2.75, 3.05) is 44.6 Å². The molecule has 19 heavy (non-hydrogen) atoms. The lowest BCUT2D eigenvalue weighted by atomic mass is 10.3. The number of anilines is 1. The van der Waals surface area contributed by atoms with Crippen molar-refractivity contribution in [1.82, 2.24) is 15.2 Å². The summed E-state index contributed by atoms with van der Waals surface area (Å²) in [7, 11) is 0. The molecule has 0 atom stereocenters. The van der Waals surface area contributed by atoms with Gasteiger partial charge in [0.15, 0.2) is 0 Å². The van der Waals surface area contributed by atoms with E-state index in [1.165, 1.54) is 0 Å². The molecule has 0 bridgehead atoms. The number of pyridine rings is 1. The summed E-state index contributed by atoms with van der Waals surface area (Å²) >= 11 is 0. The maximum atomic E-state index is 11.0. The highest BCUT2D eigenvalue weighted by Crippen LogP contribution is 2.07. The molecule has 0 aromatic carbocycles. The average Bonchev–Trinajstić information content (AvgIpc) is 2.45. The first-order valence-electron chi connectivity index (χ1n) is 6.68. The molecule has 0 unspecified atom stereocenters. The molecule has 1 amide bonds. The Labute approximate surface area is 113 Å². The number of hydrogen-bond donors (Lipinski definition) is 3. The Morgan fingerprint density at radius 2 is 2.26 bits per heavy atom. The number of nitrogens with two attached hydrogens (primary N) is 1. The number of carbonyl (C=O) groups excluding carboxylic acids is 1. The Morgan fingerprint density at radius 3 is 3.00 bits per heavy atom. The van der Waals surface area contributed by atoms with Crippen LogP contribution in [0.2, 0.25) is 0 Å². The van der Waals surface area contributed by atoms with E-state index in [-0.39, 0.29) is 0 Å². The summed E-state index contributed by atoms with van der Waals surface area (Å²) in [5.74, 6) is -0.496. The minimum atomic E-state index is -0.496. The van der Waals surface area contributed by atoms with Gasteiger partial charge < -0.3 is 21.3 Å². The van der Waals surface area contributed by atoms with E-state index >= 15 is 0 Å². The highest BCUT2D eigenvalue weighted by atomic mass is 16.1. The van der Waals surface area contributed by atoms with Crippen LogP contribution < -0.4 is 16.4 Å². The number of carbonyl (C=O) groups is 1. The van der Waals surface area contributed by atoms with Gasteiger partial charge in [0, 0.05) is 44.6 Å². The molecule has 6 nitrogen and oxygen atoms in total. The van der Waals surface area contributed by atoms with Gasteiger partial charge >= 0.3 is 0 Å². The Hall–Kier alpha value is -1.66. The molecule has 1 aliphatic rings. The van der Waals surface area contributed by atoms with Crippen LogP contribution in [0.25, 0.3) is 0 Å². The summed E-state index contributed by atoms with van der Waals surface area (Å²) in [4.78, 5) is 17.4. The Balaban J connectivity index is 1.70. The van der Waals surface area contributed by atoms with Crippen molar-refractivity contribution in [3.05, 3.63) is 24.0 Å². The topological polar surface area (TPSA) is 83.3 Å². The lowest BCUT2D eigenvalue weighted by Crippen LogP contribution is -2.44. The molecule has 6 heteroatoms. The van der Waals surface area contributed by atoms with E-state index in [9.17, 15) is 4.79 Å². The second-order valence-electron chi connectivity index (χ2n) is 4.67. The minimum Gasteiger partial charge on any atom is -0.385 e. The molecule has 104 valence electrons. The predicted octanol–water partition coefficient (Wildman–Crippen LogP) is -0.112. The molecule has 1 saturated heterocycles. The number of piperazine rings is 1. The number of amides is 1. The summed E-state index contributed by atoms with van der Waals surface area (Å²) in [6, 6.07) is 3.53. The van der Waals surface area contributed by atoms with Gasteiger partial charge in [-0.25, -0.2) is 0 Å². The maximum Gasteiger partial charge on any atom is 0.267 e. The quantitative estimate of drug-likeness (QED) is 0.624. The molecule has 2 rings (SSSR count). The van der Waals surface area contributed by atoms with Gasteiger partial charge in [0.2, 0.25) is 0 Å². The smallest absolute Gasteiger partial charge is 0.267 e. The predicted molar refractivity (Wildman–Crippen MR) is 75.2 cm³/mol. The number of aromatic nitrogens is 1. The molecule has 1 aromatic heterocycles. The molecule has 0 radical (unpaired) electrons. The maximum absolute atomic E-state index is 11.0. The Bertz CT molecular complexity index is 417. The van der Waals surface area contributed by atoms with Crippen molar-refractivity contribution in [3.8, 4) is 0 Å². The SMILES string of the molecule is NC(=O)c1cc(NCCCN2CCNCC2)ccn1. The van der Waals surface area contributed by atoms with Gasteiger partial charge in [-0.2, -0.15) is 0 Å². The van der Waals surface area contributed by atoms with Crippen LogP contribution in [0, 0.1) is 0 Å². The second kappa shape index (κ2) is 7.06. The zero-order chi connectivity index (χ0) is 13.5. The zero-order valence-corrected chi connectivity index (χ0v) is 11.1. The van der Waals surface area contributed by atoms with Crippen molar-refractivity contribution in [3.63, 3.8) is 0 Å². The number of hydrogen-bond acceptors (Lipinski definition) is 5. The number of rotatable bonds is 6. The second-order valence-corrected chi connectivity index (χ2v) is 4.67. The van der Waals surface area contributed by atoms with Crippen molar-refractivity contribution in [2.45, 2.75) is 6.42 Å². The number of primary amides is 1. The minimum absolute atomic E-state index is 0.298. The first kappa shape index (κ1) is 13.8. The molecule has 0 spiro atoms. The van der Waals surface area contributed by atoms with Crippen LogP contribution in [0.5, 0.6) is 0 Å².